The van der Waals surface area contributed by atoms with Crippen LogP contribution in [0, 0.1) is 17.8 Å². The fourth-order valence-corrected chi connectivity index (χ4v) is 8.16. The summed E-state index contributed by atoms with van der Waals surface area (Å²) in [6.07, 6.45) is 0.344. The Balaban J connectivity index is 2.30. The van der Waals surface area contributed by atoms with Crippen LogP contribution in [-0.4, -0.2) is 125 Å². The summed E-state index contributed by atoms with van der Waals surface area (Å²) in [4.78, 5) is 59.7. The zero-order chi connectivity index (χ0) is 39.7. The topological polar surface area (TPSA) is 181 Å². The molecule has 1 aromatic rings. The van der Waals surface area contributed by atoms with Gasteiger partial charge in [-0.1, -0.05) is 53.2 Å². The smallest absolute Gasteiger partial charge is 0.264 e. The number of carbonyl (C=O) groups is 4. The molecule has 15 heteroatoms. The second-order valence-corrected chi connectivity index (χ2v) is 16.3. The number of sulfonamides is 1. The SMILES string of the molecule is C=C(C)[C@@H](C(=O)N[C@H](C(=O)N(C)[C@@H]([C@@H](C)CC)[C@@H](CC(=O)N1CCC[C@H]1[C@H](OC)[C@@H](C)C(=O)NS(=O)(=O)c1ccc(N)cc1)OC)C(C)C)N(C)C. The van der Waals surface area contributed by atoms with Crippen molar-refractivity contribution in [2.75, 3.05) is 47.6 Å². The number of nitrogen functional groups attached to an aromatic ring is 1. The summed E-state index contributed by atoms with van der Waals surface area (Å²) in [5, 5.41) is 2.95. The summed E-state index contributed by atoms with van der Waals surface area (Å²) in [5.41, 5.74) is 6.71. The van der Waals surface area contributed by atoms with Gasteiger partial charge in [-0.15, -0.1) is 0 Å². The average Bonchev–Trinajstić information content (AvgIpc) is 3.55. The number of hydrogen-bond donors (Lipinski definition) is 3. The number of amides is 4. The highest BCUT2D eigenvalue weighted by molar-refractivity contribution is 7.90. The highest BCUT2D eigenvalue weighted by atomic mass is 32.2. The van der Waals surface area contributed by atoms with E-state index in [1.807, 2.05) is 27.7 Å². The van der Waals surface area contributed by atoms with Crippen LogP contribution in [0.5, 0.6) is 0 Å². The van der Waals surface area contributed by atoms with Gasteiger partial charge in [0, 0.05) is 33.5 Å². The summed E-state index contributed by atoms with van der Waals surface area (Å²) in [6, 6.07) is 3.03. The quantitative estimate of drug-likeness (QED) is 0.141. The van der Waals surface area contributed by atoms with E-state index in [9.17, 15) is 27.6 Å². The predicted octanol–water partition coefficient (Wildman–Crippen LogP) is 2.64. The monoisotopic (exact) mass is 750 g/mol. The first-order chi connectivity index (χ1) is 24.2. The Labute approximate surface area is 310 Å². The van der Waals surface area contributed by atoms with Crippen LogP contribution in [0.15, 0.2) is 41.3 Å². The largest absolute Gasteiger partial charge is 0.399 e. The van der Waals surface area contributed by atoms with Crippen molar-refractivity contribution in [1.29, 1.82) is 0 Å². The molecule has 0 aliphatic carbocycles. The van der Waals surface area contributed by atoms with Gasteiger partial charge in [0.2, 0.25) is 23.6 Å². The average molecular weight is 751 g/mol. The molecule has 4 amide bonds. The number of methoxy groups -OCH3 is 2. The molecule has 0 aromatic heterocycles. The maximum atomic E-state index is 14.2. The Morgan fingerprint density at radius 3 is 2.10 bits per heavy atom. The van der Waals surface area contributed by atoms with E-state index in [0.717, 1.165) is 0 Å². The van der Waals surface area contributed by atoms with E-state index in [2.05, 4.69) is 16.6 Å². The second kappa shape index (κ2) is 19.5. The lowest BCUT2D eigenvalue weighted by atomic mass is 9.89. The number of likely N-dealkylation sites (N-methyl/N-ethyl adjacent to an activating group) is 2. The lowest BCUT2D eigenvalue weighted by Gasteiger charge is -2.41. The summed E-state index contributed by atoms with van der Waals surface area (Å²) >= 11 is 0. The standard InChI is InChI=1S/C37H62N6O8S/c1-13-24(6)33(42(10)37(47)31(22(2)3)39-36(46)32(23(4)5)41(8)9)29(50-11)21-30(44)43-20-14-15-28(43)34(51-12)25(7)35(45)40-52(48,49)27-18-16-26(38)17-19-27/h16-19,22,24-25,28-29,31-34H,4,13-15,20-21,38H2,1-3,5-12H3,(H,39,46)(H,40,45)/t24-,25+,28-,29+,31-,32-,33-,34+/m0/s1. The molecule has 0 unspecified atom stereocenters. The Hall–Kier alpha value is -3.53. The van der Waals surface area contributed by atoms with Gasteiger partial charge in [-0.25, -0.2) is 13.1 Å². The van der Waals surface area contributed by atoms with Crippen LogP contribution in [-0.2, 0) is 38.7 Å². The minimum Gasteiger partial charge on any atom is -0.399 e. The third kappa shape index (κ3) is 11.0. The Morgan fingerprint density at radius 2 is 1.62 bits per heavy atom. The molecule has 52 heavy (non-hydrogen) atoms. The number of anilines is 1. The fourth-order valence-electron chi connectivity index (χ4n) is 7.10. The summed E-state index contributed by atoms with van der Waals surface area (Å²) in [7, 11) is 4.00. The number of benzene rings is 1. The molecular formula is C37H62N6O8S. The molecule has 1 saturated heterocycles. The van der Waals surface area contributed by atoms with Crippen LogP contribution in [0.2, 0.25) is 0 Å². The van der Waals surface area contributed by atoms with Crippen LogP contribution < -0.4 is 15.8 Å². The zero-order valence-corrected chi connectivity index (χ0v) is 33.7. The van der Waals surface area contributed by atoms with E-state index in [-0.39, 0.29) is 40.9 Å². The van der Waals surface area contributed by atoms with Crippen LogP contribution in [0.25, 0.3) is 0 Å². The molecule has 2 rings (SSSR count). The number of nitrogens with zero attached hydrogens (tertiary/aromatic N) is 3. The molecule has 0 bridgehead atoms. The molecule has 0 saturated carbocycles. The number of hydrogen-bond acceptors (Lipinski definition) is 10. The van der Waals surface area contributed by atoms with Crippen molar-refractivity contribution in [2.45, 2.75) is 108 Å². The third-order valence-corrected chi connectivity index (χ3v) is 11.5. The minimum absolute atomic E-state index is 0.0563. The third-order valence-electron chi connectivity index (χ3n) is 10.1. The Bertz CT molecular complexity index is 1500. The second-order valence-electron chi connectivity index (χ2n) is 14.6. The first-order valence-corrected chi connectivity index (χ1v) is 19.4. The molecule has 1 aliphatic heterocycles. The highest BCUT2D eigenvalue weighted by Gasteiger charge is 2.43. The van der Waals surface area contributed by atoms with Crippen molar-refractivity contribution >= 4 is 39.3 Å². The van der Waals surface area contributed by atoms with E-state index in [4.69, 9.17) is 15.2 Å². The van der Waals surface area contributed by atoms with E-state index in [0.29, 0.717) is 37.1 Å². The number of ether oxygens (including phenoxy) is 2. The van der Waals surface area contributed by atoms with E-state index in [1.54, 1.807) is 49.7 Å². The van der Waals surface area contributed by atoms with Crippen molar-refractivity contribution in [2.24, 2.45) is 17.8 Å². The zero-order valence-electron chi connectivity index (χ0n) is 32.8. The normalized spacial score (nSPS) is 18.9. The summed E-state index contributed by atoms with van der Waals surface area (Å²) in [5.74, 6) is -2.86. The highest BCUT2D eigenvalue weighted by Crippen LogP contribution is 2.30. The lowest BCUT2D eigenvalue weighted by Crippen LogP contribution is -2.59. The summed E-state index contributed by atoms with van der Waals surface area (Å²) in [6.45, 7) is 15.4. The van der Waals surface area contributed by atoms with Crippen molar-refractivity contribution < 1.29 is 37.1 Å². The molecule has 0 spiro atoms. The number of nitrogens with one attached hydrogen (secondary N) is 2. The van der Waals surface area contributed by atoms with Crippen molar-refractivity contribution in [3.05, 3.63) is 36.4 Å². The maximum absolute atomic E-state index is 14.2. The van der Waals surface area contributed by atoms with Crippen LogP contribution in [0.1, 0.15) is 67.2 Å². The Kier molecular flexibility index (Phi) is 16.8. The number of nitrogens with two attached hydrogens (primary N) is 1. The number of likely N-dealkylation sites (tertiary alicyclic amines) is 1. The molecule has 4 N–H and O–H groups in total. The molecule has 0 radical (unpaired) electrons. The maximum Gasteiger partial charge on any atom is 0.264 e. The van der Waals surface area contributed by atoms with E-state index >= 15 is 0 Å². The molecule has 1 fully saturated rings. The molecular weight excluding hydrogens is 689 g/mol. The molecule has 1 aromatic carbocycles. The lowest BCUT2D eigenvalue weighted by molar-refractivity contribution is -0.147. The van der Waals surface area contributed by atoms with Gasteiger partial charge in [0.15, 0.2) is 0 Å². The van der Waals surface area contributed by atoms with E-state index in [1.165, 1.54) is 38.5 Å². The van der Waals surface area contributed by atoms with Crippen molar-refractivity contribution in [1.82, 2.24) is 24.7 Å². The minimum atomic E-state index is -4.17. The van der Waals surface area contributed by atoms with Gasteiger partial charge >= 0.3 is 0 Å². The molecule has 14 nitrogen and oxygen atoms in total. The van der Waals surface area contributed by atoms with Crippen molar-refractivity contribution in [3.63, 3.8) is 0 Å². The summed E-state index contributed by atoms with van der Waals surface area (Å²) < 4.78 is 39.7. The molecule has 294 valence electrons. The van der Waals surface area contributed by atoms with Crippen LogP contribution in [0.4, 0.5) is 5.69 Å². The number of carbonyl (C=O) groups excluding carboxylic acids is 4. The number of rotatable bonds is 19. The van der Waals surface area contributed by atoms with Gasteiger partial charge in [-0.2, -0.15) is 0 Å². The molecule has 1 aliphatic rings. The molecule has 8 atom stereocenters. The van der Waals surface area contributed by atoms with Gasteiger partial charge in [0.1, 0.15) is 12.1 Å². The van der Waals surface area contributed by atoms with Gasteiger partial charge in [0.05, 0.1) is 41.5 Å². The van der Waals surface area contributed by atoms with Gasteiger partial charge in [-0.05, 0) is 70.0 Å². The van der Waals surface area contributed by atoms with Gasteiger partial charge in [0.25, 0.3) is 10.0 Å². The first-order valence-electron chi connectivity index (χ1n) is 17.9. The van der Waals surface area contributed by atoms with Crippen LogP contribution in [0.3, 0.4) is 0 Å². The van der Waals surface area contributed by atoms with Crippen LogP contribution >= 0.6 is 0 Å². The van der Waals surface area contributed by atoms with E-state index < -0.39 is 58.2 Å². The Morgan fingerprint density at radius 1 is 1.02 bits per heavy atom. The molecule has 1 heterocycles. The first kappa shape index (κ1) is 44.6. The van der Waals surface area contributed by atoms with Gasteiger partial charge in [-0.3, -0.25) is 24.1 Å². The van der Waals surface area contributed by atoms with Crippen molar-refractivity contribution in [3.8, 4) is 0 Å². The fraction of sp³-hybridized carbons (Fsp3) is 0.676. The van der Waals surface area contributed by atoms with Gasteiger partial charge < -0.3 is 30.3 Å². The predicted molar refractivity (Wildman–Crippen MR) is 201 cm³/mol.